The summed E-state index contributed by atoms with van der Waals surface area (Å²) in [6.07, 6.45) is 5.60. The van der Waals surface area contributed by atoms with Gasteiger partial charge in [0.1, 0.15) is 29.6 Å². The first kappa shape index (κ1) is 58.0. The Labute approximate surface area is 428 Å². The molecular formula is C46H72IN9O4S3Si4. The summed E-state index contributed by atoms with van der Waals surface area (Å²) in [4.78, 5) is 38.0. The van der Waals surface area contributed by atoms with Crippen LogP contribution >= 0.6 is 56.6 Å². The Balaban J connectivity index is 0.000000260. The van der Waals surface area contributed by atoms with Crippen LogP contribution in [0.3, 0.4) is 0 Å². The van der Waals surface area contributed by atoms with E-state index in [0.29, 0.717) is 31.5 Å². The number of ether oxygens (including phenoxy) is 2. The average Bonchev–Trinajstić information content (AvgIpc) is 4.10. The lowest BCUT2D eigenvalue weighted by Crippen LogP contribution is -2.36. The Hall–Kier alpha value is -3.27. The summed E-state index contributed by atoms with van der Waals surface area (Å²) in [6.45, 7) is 30.0. The van der Waals surface area contributed by atoms with E-state index in [9.17, 15) is 9.59 Å². The molecular weight excluding hydrogens is 1080 g/mol. The highest BCUT2D eigenvalue weighted by Crippen LogP contribution is 2.29. The van der Waals surface area contributed by atoms with Crippen LogP contribution in [-0.2, 0) is 22.9 Å². The van der Waals surface area contributed by atoms with Crippen molar-refractivity contribution >= 4 is 132 Å². The van der Waals surface area contributed by atoms with Gasteiger partial charge >= 0.3 is 0 Å². The van der Waals surface area contributed by atoms with E-state index in [2.05, 4.69) is 137 Å². The summed E-state index contributed by atoms with van der Waals surface area (Å²) in [5.41, 5.74) is 5.52. The number of nitrogens with one attached hydrogen (secondary N) is 2. The third-order valence-corrected chi connectivity index (χ3v) is 22.9. The molecule has 2 aromatic carbocycles. The molecule has 5 aromatic heterocycles. The van der Waals surface area contributed by atoms with Crippen molar-refractivity contribution in [1.82, 2.24) is 45.1 Å². The molecule has 2 N–H and O–H groups in total. The van der Waals surface area contributed by atoms with Gasteiger partial charge < -0.3 is 20.1 Å². The van der Waals surface area contributed by atoms with Crippen molar-refractivity contribution in [2.75, 3.05) is 27.3 Å². The Morgan fingerprint density at radius 2 is 1.10 bits per heavy atom. The zero-order valence-electron chi connectivity index (χ0n) is 41.0. The molecule has 7 aromatic rings. The molecule has 0 saturated heterocycles. The number of hydrogen-bond acceptors (Lipinski definition) is 12. The maximum atomic E-state index is 12.3. The first-order chi connectivity index (χ1) is 30.9. The molecule has 0 aliphatic rings. The minimum Gasteiger partial charge on any atom is -0.360 e. The van der Waals surface area contributed by atoms with Crippen molar-refractivity contribution in [3.05, 3.63) is 86.2 Å². The van der Waals surface area contributed by atoms with Crippen molar-refractivity contribution in [2.45, 2.75) is 112 Å². The minimum absolute atomic E-state index is 0. The van der Waals surface area contributed by atoms with Gasteiger partial charge in [-0.2, -0.15) is 10.2 Å². The molecule has 5 heterocycles. The van der Waals surface area contributed by atoms with Crippen LogP contribution in [0, 0.1) is 3.57 Å². The van der Waals surface area contributed by atoms with Gasteiger partial charge in [0, 0.05) is 87.2 Å². The molecule has 366 valence electrons. The fourth-order valence-electron chi connectivity index (χ4n) is 5.86. The standard InChI is InChI=1S/C18H24N4O2SSi.C15H22IN3O2Si.2C6H11NSSi.CH4/c1-19-18(23)17-14-9-13(16-10-20-11-25-16)5-6-15(14)22(21-17)12-24-7-8-26(2,3)4;1-17-15(20)14-12-9-11(16)5-6-13(12)19(18-14)10-21-7-8-22(2,3)4;2*1-9(2,3)6-7-4-5-8-6;/h5-6,9-11H,7-8,12H2,1-4H3,(H,19,23);5-6,9H,7-8,10H2,1-4H3,(H,17,20);2*4-5H,1-3H3;1H4. The number of aromatic nitrogens is 7. The van der Waals surface area contributed by atoms with Crippen molar-refractivity contribution < 1.29 is 19.1 Å². The molecule has 0 aliphatic heterocycles. The zero-order valence-corrected chi connectivity index (χ0v) is 49.6. The van der Waals surface area contributed by atoms with Gasteiger partial charge in [0.15, 0.2) is 11.4 Å². The van der Waals surface area contributed by atoms with Gasteiger partial charge in [-0.15, -0.1) is 34.0 Å². The van der Waals surface area contributed by atoms with Crippen LogP contribution in [-0.4, -0.2) is 106 Å². The van der Waals surface area contributed by atoms with Crippen LogP contribution in [0.15, 0.2) is 71.3 Å². The van der Waals surface area contributed by atoms with E-state index < -0.39 is 32.3 Å². The topological polar surface area (TPSA) is 151 Å². The van der Waals surface area contributed by atoms with Crippen LogP contribution < -0.4 is 19.9 Å². The maximum Gasteiger partial charge on any atom is 0.272 e. The highest BCUT2D eigenvalue weighted by molar-refractivity contribution is 14.1. The first-order valence-electron chi connectivity index (χ1n) is 21.9. The molecule has 13 nitrogen and oxygen atoms in total. The second-order valence-corrected chi connectivity index (χ2v) is 45.8. The second kappa shape index (κ2) is 26.1. The van der Waals surface area contributed by atoms with E-state index in [-0.39, 0.29) is 19.2 Å². The fourth-order valence-corrected chi connectivity index (χ4v) is 13.4. The number of benzene rings is 2. The lowest BCUT2D eigenvalue weighted by Gasteiger charge is -2.15. The molecule has 21 heteroatoms. The number of thiazole rings is 3. The molecule has 0 bridgehead atoms. The van der Waals surface area contributed by atoms with Gasteiger partial charge in [0.2, 0.25) is 0 Å². The summed E-state index contributed by atoms with van der Waals surface area (Å²) in [5, 5.41) is 20.0. The van der Waals surface area contributed by atoms with Crippen molar-refractivity contribution in [3.63, 3.8) is 0 Å². The van der Waals surface area contributed by atoms with Crippen molar-refractivity contribution in [1.29, 1.82) is 0 Å². The third kappa shape index (κ3) is 18.5. The summed E-state index contributed by atoms with van der Waals surface area (Å²) in [7, 11) is -1.14. The molecule has 7 rings (SSSR count). The molecule has 0 fully saturated rings. The van der Waals surface area contributed by atoms with Crippen LogP contribution in [0.2, 0.25) is 90.7 Å². The summed E-state index contributed by atoms with van der Waals surface area (Å²) < 4.78 is 18.9. The number of halogens is 1. The lowest BCUT2D eigenvalue weighted by molar-refractivity contribution is 0.0803. The largest absolute Gasteiger partial charge is 0.360 e. The molecule has 0 aliphatic carbocycles. The Morgan fingerprint density at radius 3 is 1.46 bits per heavy atom. The van der Waals surface area contributed by atoms with Gasteiger partial charge in [0.05, 0.1) is 30.7 Å². The predicted octanol–water partition coefficient (Wildman–Crippen LogP) is 11.2. The molecule has 0 atom stereocenters. The van der Waals surface area contributed by atoms with E-state index in [1.54, 1.807) is 63.0 Å². The monoisotopic (exact) mass is 1150 g/mol. The van der Waals surface area contributed by atoms with Crippen molar-refractivity contribution in [2.24, 2.45) is 0 Å². The van der Waals surface area contributed by atoms with Gasteiger partial charge in [-0.25, -0.2) is 9.36 Å². The van der Waals surface area contributed by atoms with E-state index in [1.165, 1.54) is 9.26 Å². The van der Waals surface area contributed by atoms with Gasteiger partial charge in [-0.3, -0.25) is 24.5 Å². The average molecular weight is 1150 g/mol. The highest BCUT2D eigenvalue weighted by atomic mass is 127. The number of carbonyl (C=O) groups is 2. The summed E-state index contributed by atoms with van der Waals surface area (Å²) >= 11 is 7.37. The SMILES string of the molecule is C.CNC(=O)c1nn(COCC[Si](C)(C)C)c2ccc(-c3cncs3)cc12.CNC(=O)c1nn(COCC[Si](C)(C)C)c2ccc(I)cc12.C[Si](C)(C)c1nccs1.C[Si](C)(C)c1nccs1. The molecule has 0 radical (unpaired) electrons. The van der Waals surface area contributed by atoms with Crippen LogP contribution in [0.5, 0.6) is 0 Å². The Kier molecular flexibility index (Phi) is 22.6. The quantitative estimate of drug-likeness (QED) is 0.0581. The maximum absolute atomic E-state index is 12.3. The number of hydrogen-bond donors (Lipinski definition) is 2. The van der Waals surface area contributed by atoms with Crippen LogP contribution in [0.25, 0.3) is 32.2 Å². The number of fused-ring (bicyclic) bond motifs is 2. The molecule has 0 unspecified atom stereocenters. The highest BCUT2D eigenvalue weighted by Gasteiger charge is 2.21. The lowest BCUT2D eigenvalue weighted by atomic mass is 10.1. The zero-order chi connectivity index (χ0) is 48.9. The summed E-state index contributed by atoms with van der Waals surface area (Å²) in [6, 6.07) is 14.2. The second-order valence-electron chi connectivity index (χ2n) is 20.0. The molecule has 0 saturated carbocycles. The van der Waals surface area contributed by atoms with E-state index >= 15 is 0 Å². The van der Waals surface area contributed by atoms with E-state index in [4.69, 9.17) is 9.47 Å². The normalized spacial score (nSPS) is 11.7. The van der Waals surface area contributed by atoms with E-state index in [0.717, 1.165) is 54.5 Å². The number of nitrogens with zero attached hydrogens (tertiary/aromatic N) is 7. The van der Waals surface area contributed by atoms with Gasteiger partial charge in [-0.05, 0) is 70.6 Å². The fraction of sp³-hybridized carbons (Fsp3) is 0.457. The summed E-state index contributed by atoms with van der Waals surface area (Å²) in [5.74, 6) is -0.370. The van der Waals surface area contributed by atoms with Crippen LogP contribution in [0.1, 0.15) is 28.4 Å². The first-order valence-corrected chi connectivity index (χ1v) is 40.0. The smallest absolute Gasteiger partial charge is 0.272 e. The van der Waals surface area contributed by atoms with Gasteiger partial charge in [0.25, 0.3) is 11.8 Å². The predicted molar refractivity (Wildman–Crippen MR) is 305 cm³/mol. The van der Waals surface area contributed by atoms with Gasteiger partial charge in [-0.1, -0.05) is 92.1 Å². The number of amides is 2. The van der Waals surface area contributed by atoms with Crippen LogP contribution in [0.4, 0.5) is 0 Å². The number of carbonyl (C=O) groups excluding carboxylic acids is 2. The van der Waals surface area contributed by atoms with Crippen molar-refractivity contribution in [3.8, 4) is 10.4 Å². The van der Waals surface area contributed by atoms with E-state index in [1.807, 2.05) is 65.7 Å². The molecule has 2 amide bonds. The Morgan fingerprint density at radius 1 is 0.657 bits per heavy atom. The number of rotatable bonds is 15. The minimum atomic E-state index is -1.13. The Bertz CT molecular complexity index is 2540. The molecule has 0 spiro atoms. The molecule has 67 heavy (non-hydrogen) atoms. The third-order valence-electron chi connectivity index (χ3n) is 9.63.